The van der Waals surface area contributed by atoms with Gasteiger partial charge in [0.1, 0.15) is 18.3 Å². The topological polar surface area (TPSA) is 96.0 Å². The fourth-order valence-electron chi connectivity index (χ4n) is 4.34. The molecule has 41 heavy (non-hydrogen) atoms. The molecule has 0 aliphatic carbocycles. The maximum Gasteiger partial charge on any atom is 0.244 e. The Morgan fingerprint density at radius 3 is 2.24 bits per heavy atom. The maximum absolute atomic E-state index is 14.2. The number of carbonyl (C=O) groups is 2. The number of halogens is 1. The van der Waals surface area contributed by atoms with Crippen molar-refractivity contribution >= 4 is 43.5 Å². The van der Waals surface area contributed by atoms with E-state index in [4.69, 9.17) is 4.74 Å². The Bertz CT molecular complexity index is 1420. The summed E-state index contributed by atoms with van der Waals surface area (Å²) in [6.45, 7) is 6.17. The molecule has 10 heteroatoms. The van der Waals surface area contributed by atoms with E-state index in [1.165, 1.54) is 4.90 Å². The molecule has 0 heterocycles. The first-order valence-electron chi connectivity index (χ1n) is 13.5. The Hall–Kier alpha value is -3.37. The number of carbonyl (C=O) groups excluding carboxylic acids is 2. The van der Waals surface area contributed by atoms with Crippen LogP contribution in [0.2, 0.25) is 0 Å². The summed E-state index contributed by atoms with van der Waals surface area (Å²) in [5.74, 6) is -0.252. The highest BCUT2D eigenvalue weighted by molar-refractivity contribution is 9.10. The summed E-state index contributed by atoms with van der Waals surface area (Å²) in [6, 6.07) is 22.8. The largest absolute Gasteiger partial charge is 0.492 e. The van der Waals surface area contributed by atoms with Gasteiger partial charge < -0.3 is 15.0 Å². The Balaban J connectivity index is 2.07. The van der Waals surface area contributed by atoms with Gasteiger partial charge >= 0.3 is 0 Å². The van der Waals surface area contributed by atoms with Gasteiger partial charge in [0.2, 0.25) is 21.8 Å². The van der Waals surface area contributed by atoms with Crippen LogP contribution in [0.1, 0.15) is 31.9 Å². The SMILES string of the molecule is CCOc1ccccc1N(CC(=O)N(Cc1cccc(Br)c1)[C@@H](Cc1ccccc1)C(=O)NCC(C)C)S(C)(=O)=O. The summed E-state index contributed by atoms with van der Waals surface area (Å²) in [5.41, 5.74) is 1.94. The second kappa shape index (κ2) is 15.0. The molecule has 0 aromatic heterocycles. The number of sulfonamides is 1. The van der Waals surface area contributed by atoms with E-state index in [2.05, 4.69) is 21.2 Å². The lowest BCUT2D eigenvalue weighted by Gasteiger charge is -2.34. The number of benzene rings is 3. The van der Waals surface area contributed by atoms with Crippen molar-refractivity contribution in [3.63, 3.8) is 0 Å². The number of ether oxygens (including phenoxy) is 1. The highest BCUT2D eigenvalue weighted by atomic mass is 79.9. The first kappa shape index (κ1) is 32.1. The Morgan fingerprint density at radius 2 is 1.61 bits per heavy atom. The van der Waals surface area contributed by atoms with Gasteiger partial charge in [-0.15, -0.1) is 0 Å². The van der Waals surface area contributed by atoms with Crippen molar-refractivity contribution in [3.05, 3.63) is 94.5 Å². The standard InChI is InChI=1S/C31H38BrN3O5S/c1-5-40-29-17-10-9-16-27(29)35(41(4,38)39)22-30(36)34(21-25-14-11-15-26(32)18-25)28(31(37)33-20-23(2)3)19-24-12-7-6-8-13-24/h6-18,23,28H,5,19-22H2,1-4H3,(H,33,37)/t28-/m0/s1. The first-order valence-corrected chi connectivity index (χ1v) is 16.2. The van der Waals surface area contributed by atoms with Gasteiger partial charge in [-0.25, -0.2) is 8.42 Å². The molecule has 0 aliphatic heterocycles. The number of nitrogens with zero attached hydrogens (tertiary/aromatic N) is 2. The average molecular weight is 645 g/mol. The molecule has 0 saturated heterocycles. The van der Waals surface area contributed by atoms with E-state index < -0.39 is 28.5 Å². The molecule has 0 unspecified atom stereocenters. The Labute approximate surface area is 251 Å². The third kappa shape index (κ3) is 9.60. The quantitative estimate of drug-likeness (QED) is 0.266. The number of amides is 2. The highest BCUT2D eigenvalue weighted by Gasteiger charge is 2.33. The van der Waals surface area contributed by atoms with Crippen LogP contribution < -0.4 is 14.4 Å². The van der Waals surface area contributed by atoms with Crippen molar-refractivity contribution in [1.82, 2.24) is 10.2 Å². The third-order valence-electron chi connectivity index (χ3n) is 6.31. The van der Waals surface area contributed by atoms with Crippen molar-refractivity contribution in [2.75, 3.05) is 30.3 Å². The predicted octanol–water partition coefficient (Wildman–Crippen LogP) is 5.03. The normalized spacial score (nSPS) is 12.0. The Kier molecular flexibility index (Phi) is 11.8. The van der Waals surface area contributed by atoms with Gasteiger partial charge in [-0.2, -0.15) is 0 Å². The number of anilines is 1. The van der Waals surface area contributed by atoms with Gasteiger partial charge in [0.25, 0.3) is 0 Å². The molecule has 2 amide bonds. The van der Waals surface area contributed by atoms with Gasteiger partial charge in [0, 0.05) is 24.0 Å². The Morgan fingerprint density at radius 1 is 0.951 bits per heavy atom. The zero-order valence-electron chi connectivity index (χ0n) is 23.9. The summed E-state index contributed by atoms with van der Waals surface area (Å²) >= 11 is 3.49. The lowest BCUT2D eigenvalue weighted by atomic mass is 10.0. The fourth-order valence-corrected chi connectivity index (χ4v) is 5.64. The number of nitrogens with one attached hydrogen (secondary N) is 1. The van der Waals surface area contributed by atoms with Gasteiger partial charge in [0.15, 0.2) is 0 Å². The van der Waals surface area contributed by atoms with E-state index in [0.29, 0.717) is 18.9 Å². The summed E-state index contributed by atoms with van der Waals surface area (Å²) in [4.78, 5) is 29.4. The molecule has 0 fully saturated rings. The molecule has 1 N–H and O–H groups in total. The molecule has 0 spiro atoms. The lowest BCUT2D eigenvalue weighted by Crippen LogP contribution is -2.53. The molecule has 3 aromatic rings. The summed E-state index contributed by atoms with van der Waals surface area (Å²) in [7, 11) is -3.90. The van der Waals surface area contributed by atoms with Crippen LogP contribution in [0.25, 0.3) is 0 Å². The molecule has 3 rings (SSSR count). The molecule has 3 aromatic carbocycles. The van der Waals surface area contributed by atoms with Crippen LogP contribution in [0.15, 0.2) is 83.3 Å². The van der Waals surface area contributed by atoms with Crippen LogP contribution in [-0.2, 0) is 32.6 Å². The molecule has 0 radical (unpaired) electrons. The van der Waals surface area contributed by atoms with E-state index in [-0.39, 0.29) is 30.5 Å². The minimum absolute atomic E-state index is 0.107. The number of hydrogen-bond donors (Lipinski definition) is 1. The predicted molar refractivity (Wildman–Crippen MR) is 166 cm³/mol. The van der Waals surface area contributed by atoms with Crippen LogP contribution in [-0.4, -0.2) is 57.1 Å². The molecule has 0 aliphatic rings. The molecular weight excluding hydrogens is 606 g/mol. The zero-order chi connectivity index (χ0) is 30.0. The summed E-state index contributed by atoms with van der Waals surface area (Å²) in [6.07, 6.45) is 1.32. The molecule has 1 atom stereocenters. The van der Waals surface area contributed by atoms with E-state index >= 15 is 0 Å². The number of hydrogen-bond acceptors (Lipinski definition) is 5. The van der Waals surface area contributed by atoms with Gasteiger partial charge in [-0.3, -0.25) is 13.9 Å². The van der Waals surface area contributed by atoms with E-state index in [9.17, 15) is 18.0 Å². The van der Waals surface area contributed by atoms with Crippen LogP contribution in [0.5, 0.6) is 5.75 Å². The van der Waals surface area contributed by atoms with Crippen molar-refractivity contribution in [1.29, 1.82) is 0 Å². The second-order valence-electron chi connectivity index (χ2n) is 10.2. The van der Waals surface area contributed by atoms with Crippen LogP contribution >= 0.6 is 15.9 Å². The van der Waals surface area contributed by atoms with E-state index in [1.54, 1.807) is 31.2 Å². The van der Waals surface area contributed by atoms with Crippen LogP contribution in [0.4, 0.5) is 5.69 Å². The fraction of sp³-hybridized carbons (Fsp3) is 0.355. The number of rotatable bonds is 14. The van der Waals surface area contributed by atoms with Crippen LogP contribution in [0.3, 0.4) is 0 Å². The lowest BCUT2D eigenvalue weighted by molar-refractivity contribution is -0.140. The zero-order valence-corrected chi connectivity index (χ0v) is 26.3. The van der Waals surface area contributed by atoms with Crippen LogP contribution in [0, 0.1) is 5.92 Å². The van der Waals surface area contributed by atoms with Crippen molar-refractivity contribution in [3.8, 4) is 5.75 Å². The molecular formula is C31H38BrN3O5S. The first-order chi connectivity index (χ1) is 19.5. The van der Waals surface area contributed by atoms with Gasteiger partial charge in [-0.05, 0) is 48.2 Å². The second-order valence-corrected chi connectivity index (χ2v) is 13.0. The molecule has 8 nitrogen and oxygen atoms in total. The minimum atomic E-state index is -3.90. The van der Waals surface area contributed by atoms with Gasteiger partial charge in [-0.1, -0.05) is 84.4 Å². The summed E-state index contributed by atoms with van der Waals surface area (Å²) < 4.78 is 33.6. The molecule has 220 valence electrons. The number of para-hydroxylation sites is 2. The van der Waals surface area contributed by atoms with E-state index in [0.717, 1.165) is 26.2 Å². The van der Waals surface area contributed by atoms with Crippen molar-refractivity contribution in [2.24, 2.45) is 5.92 Å². The van der Waals surface area contributed by atoms with Gasteiger partial charge in [0.05, 0.1) is 18.6 Å². The van der Waals surface area contributed by atoms with E-state index in [1.807, 2.05) is 68.4 Å². The van der Waals surface area contributed by atoms with Crippen molar-refractivity contribution < 1.29 is 22.7 Å². The maximum atomic E-state index is 14.2. The minimum Gasteiger partial charge on any atom is -0.492 e. The smallest absolute Gasteiger partial charge is 0.244 e. The third-order valence-corrected chi connectivity index (χ3v) is 7.93. The highest BCUT2D eigenvalue weighted by Crippen LogP contribution is 2.30. The summed E-state index contributed by atoms with van der Waals surface area (Å²) in [5, 5.41) is 2.98. The average Bonchev–Trinajstić information content (AvgIpc) is 2.93. The monoisotopic (exact) mass is 643 g/mol. The van der Waals surface area contributed by atoms with Crippen molar-refractivity contribution in [2.45, 2.75) is 39.8 Å². The molecule has 0 bridgehead atoms. The molecule has 0 saturated carbocycles.